The molecule has 1 aromatic carbocycles. The second-order valence-electron chi connectivity index (χ2n) is 4.63. The van der Waals surface area contributed by atoms with E-state index < -0.39 is 0 Å². The van der Waals surface area contributed by atoms with Gasteiger partial charge >= 0.3 is 0 Å². The molecule has 1 N–H and O–H groups in total. The number of benzene rings is 1. The number of hydrogen-bond acceptors (Lipinski definition) is 3. The van der Waals surface area contributed by atoms with Gasteiger partial charge in [0.15, 0.2) is 11.5 Å². The van der Waals surface area contributed by atoms with Gasteiger partial charge in [0.25, 0.3) is 0 Å². The molecule has 94 valence electrons. The van der Waals surface area contributed by atoms with E-state index in [4.69, 9.17) is 9.47 Å². The summed E-state index contributed by atoms with van der Waals surface area (Å²) in [6.45, 7) is 4.36. The Hall–Kier alpha value is -1.22. The average molecular weight is 235 g/mol. The van der Waals surface area contributed by atoms with Gasteiger partial charge in [-0.2, -0.15) is 0 Å². The van der Waals surface area contributed by atoms with Crippen LogP contribution in [0, 0.1) is 5.92 Å². The zero-order chi connectivity index (χ0) is 12.1. The maximum atomic E-state index is 6.10. The summed E-state index contributed by atoms with van der Waals surface area (Å²) in [4.78, 5) is 0. The van der Waals surface area contributed by atoms with Gasteiger partial charge in [-0.25, -0.2) is 0 Å². The van der Waals surface area contributed by atoms with Crippen LogP contribution in [0.15, 0.2) is 24.3 Å². The molecule has 1 saturated heterocycles. The first kappa shape index (κ1) is 12.2. The van der Waals surface area contributed by atoms with Crippen molar-refractivity contribution >= 4 is 0 Å². The van der Waals surface area contributed by atoms with Crippen LogP contribution >= 0.6 is 0 Å². The molecule has 1 aliphatic heterocycles. The van der Waals surface area contributed by atoms with Gasteiger partial charge in [0.1, 0.15) is 6.10 Å². The van der Waals surface area contributed by atoms with Crippen molar-refractivity contribution in [2.24, 2.45) is 5.92 Å². The largest absolute Gasteiger partial charge is 0.493 e. The fraction of sp³-hybridized carbons (Fsp3) is 0.571. The molecule has 3 heteroatoms. The van der Waals surface area contributed by atoms with E-state index in [-0.39, 0.29) is 6.10 Å². The number of rotatable bonds is 3. The van der Waals surface area contributed by atoms with E-state index >= 15 is 0 Å². The molecule has 1 aromatic rings. The van der Waals surface area contributed by atoms with Crippen LogP contribution in [0.1, 0.15) is 19.8 Å². The Balaban J connectivity index is 2.07. The monoisotopic (exact) mass is 235 g/mol. The van der Waals surface area contributed by atoms with E-state index in [0.717, 1.165) is 31.0 Å². The van der Waals surface area contributed by atoms with Crippen molar-refractivity contribution in [3.05, 3.63) is 24.3 Å². The van der Waals surface area contributed by atoms with Gasteiger partial charge < -0.3 is 14.8 Å². The van der Waals surface area contributed by atoms with E-state index in [1.807, 2.05) is 24.3 Å². The predicted molar refractivity (Wildman–Crippen MR) is 68.7 cm³/mol. The van der Waals surface area contributed by atoms with Gasteiger partial charge in [-0.1, -0.05) is 19.1 Å². The summed E-state index contributed by atoms with van der Waals surface area (Å²) in [5, 5.41) is 3.43. The smallest absolute Gasteiger partial charge is 0.161 e. The van der Waals surface area contributed by atoms with Crippen molar-refractivity contribution in [2.75, 3.05) is 20.2 Å². The van der Waals surface area contributed by atoms with E-state index in [0.29, 0.717) is 5.92 Å². The van der Waals surface area contributed by atoms with Crippen LogP contribution in [0.4, 0.5) is 0 Å². The van der Waals surface area contributed by atoms with Crippen LogP contribution in [0.3, 0.4) is 0 Å². The summed E-state index contributed by atoms with van der Waals surface area (Å²) >= 11 is 0. The second kappa shape index (κ2) is 5.92. The van der Waals surface area contributed by atoms with Crippen LogP contribution < -0.4 is 14.8 Å². The third kappa shape index (κ3) is 3.13. The fourth-order valence-electron chi connectivity index (χ4n) is 2.23. The Kier molecular flexibility index (Phi) is 4.26. The first-order chi connectivity index (χ1) is 8.31. The Labute approximate surface area is 103 Å². The van der Waals surface area contributed by atoms with Gasteiger partial charge in [-0.3, -0.25) is 0 Å². The first-order valence-electron chi connectivity index (χ1n) is 6.31. The molecule has 1 aliphatic rings. The summed E-state index contributed by atoms with van der Waals surface area (Å²) in [7, 11) is 1.68. The van der Waals surface area contributed by atoms with Gasteiger partial charge in [0.05, 0.1) is 7.11 Å². The quantitative estimate of drug-likeness (QED) is 0.873. The molecule has 17 heavy (non-hydrogen) atoms. The van der Waals surface area contributed by atoms with Crippen molar-refractivity contribution in [1.82, 2.24) is 5.32 Å². The molecule has 1 fully saturated rings. The maximum Gasteiger partial charge on any atom is 0.161 e. The minimum Gasteiger partial charge on any atom is -0.493 e. The molecule has 0 amide bonds. The van der Waals surface area contributed by atoms with Crippen LogP contribution in [0.2, 0.25) is 0 Å². The lowest BCUT2D eigenvalue weighted by Crippen LogP contribution is -2.29. The molecule has 0 radical (unpaired) electrons. The number of hydrogen-bond donors (Lipinski definition) is 1. The van der Waals surface area contributed by atoms with Gasteiger partial charge in [-0.05, 0) is 31.5 Å². The van der Waals surface area contributed by atoms with Crippen molar-refractivity contribution in [1.29, 1.82) is 0 Å². The van der Waals surface area contributed by atoms with E-state index in [1.54, 1.807) is 7.11 Å². The third-order valence-corrected chi connectivity index (χ3v) is 3.29. The van der Waals surface area contributed by atoms with Crippen LogP contribution in [-0.4, -0.2) is 26.3 Å². The van der Waals surface area contributed by atoms with Gasteiger partial charge in [0.2, 0.25) is 0 Å². The van der Waals surface area contributed by atoms with Crippen molar-refractivity contribution < 1.29 is 9.47 Å². The predicted octanol–water partition coefficient (Wildman–Crippen LogP) is 2.46. The number of ether oxygens (including phenoxy) is 2. The number of nitrogens with one attached hydrogen (secondary N) is 1. The summed E-state index contributed by atoms with van der Waals surface area (Å²) in [6, 6.07) is 7.86. The SMILES string of the molecule is COc1ccccc1OC1CCCNCC1C. The molecule has 0 saturated carbocycles. The number of methoxy groups -OCH3 is 1. The van der Waals surface area contributed by atoms with E-state index in [9.17, 15) is 0 Å². The molecular weight excluding hydrogens is 214 g/mol. The molecule has 2 unspecified atom stereocenters. The first-order valence-corrected chi connectivity index (χ1v) is 6.31. The second-order valence-corrected chi connectivity index (χ2v) is 4.63. The van der Waals surface area contributed by atoms with E-state index in [2.05, 4.69) is 12.2 Å². The standard InChI is InChI=1S/C14H21NO2/c1-11-10-15-9-5-8-12(11)17-14-7-4-3-6-13(14)16-2/h3-4,6-7,11-12,15H,5,8-10H2,1-2H3. The molecule has 3 nitrogen and oxygen atoms in total. The van der Waals surface area contributed by atoms with Gasteiger partial charge in [-0.15, -0.1) is 0 Å². The van der Waals surface area contributed by atoms with Crippen LogP contribution in [-0.2, 0) is 0 Å². The topological polar surface area (TPSA) is 30.5 Å². The summed E-state index contributed by atoms with van der Waals surface area (Å²) < 4.78 is 11.4. The molecule has 2 rings (SSSR count). The molecule has 0 aromatic heterocycles. The molecule has 0 spiro atoms. The highest BCUT2D eigenvalue weighted by Gasteiger charge is 2.22. The lowest BCUT2D eigenvalue weighted by atomic mass is 10.0. The van der Waals surface area contributed by atoms with Crippen molar-refractivity contribution in [3.63, 3.8) is 0 Å². The average Bonchev–Trinajstić information content (AvgIpc) is 2.56. The summed E-state index contributed by atoms with van der Waals surface area (Å²) in [5.74, 6) is 2.20. The highest BCUT2D eigenvalue weighted by molar-refractivity contribution is 5.39. The molecule has 2 atom stereocenters. The third-order valence-electron chi connectivity index (χ3n) is 3.29. The maximum absolute atomic E-state index is 6.10. The van der Waals surface area contributed by atoms with Crippen LogP contribution in [0.5, 0.6) is 11.5 Å². The van der Waals surface area contributed by atoms with Gasteiger partial charge in [0, 0.05) is 12.5 Å². The van der Waals surface area contributed by atoms with Crippen LogP contribution in [0.25, 0.3) is 0 Å². The molecular formula is C14H21NO2. The fourth-order valence-corrected chi connectivity index (χ4v) is 2.23. The molecule has 0 aliphatic carbocycles. The molecule has 1 heterocycles. The Morgan fingerprint density at radius 3 is 2.76 bits per heavy atom. The summed E-state index contributed by atoms with van der Waals surface area (Å²) in [5.41, 5.74) is 0. The molecule has 0 bridgehead atoms. The minimum absolute atomic E-state index is 0.279. The minimum atomic E-state index is 0.279. The Morgan fingerprint density at radius 1 is 1.24 bits per heavy atom. The number of para-hydroxylation sites is 2. The lowest BCUT2D eigenvalue weighted by molar-refractivity contribution is 0.136. The van der Waals surface area contributed by atoms with E-state index in [1.165, 1.54) is 6.42 Å². The highest BCUT2D eigenvalue weighted by atomic mass is 16.5. The highest BCUT2D eigenvalue weighted by Crippen LogP contribution is 2.29. The normalized spacial score (nSPS) is 25.1. The lowest BCUT2D eigenvalue weighted by Gasteiger charge is -2.23. The van der Waals surface area contributed by atoms with Crippen molar-refractivity contribution in [2.45, 2.75) is 25.9 Å². The summed E-state index contributed by atoms with van der Waals surface area (Å²) in [6.07, 6.45) is 2.55. The Bertz CT molecular complexity index is 354. The zero-order valence-electron chi connectivity index (χ0n) is 10.6. The zero-order valence-corrected chi connectivity index (χ0v) is 10.6. The Morgan fingerprint density at radius 2 is 2.00 bits per heavy atom. The van der Waals surface area contributed by atoms with Crippen molar-refractivity contribution in [3.8, 4) is 11.5 Å².